The average Bonchev–Trinajstić information content (AvgIpc) is 3.18. The molecule has 0 aliphatic heterocycles. The number of hydrogen-bond acceptors (Lipinski definition) is 4. The maximum Gasteiger partial charge on any atom is 0.191 e. The number of para-hydroxylation sites is 1. The number of thiazole rings is 1. The fourth-order valence-corrected chi connectivity index (χ4v) is 4.18. The Morgan fingerprint density at radius 1 is 1.14 bits per heavy atom. The molecule has 148 valence electrons. The summed E-state index contributed by atoms with van der Waals surface area (Å²) in [6.45, 7) is 9.71. The highest BCUT2D eigenvalue weighted by atomic mass is 32.1. The number of benzene rings is 1. The van der Waals surface area contributed by atoms with E-state index in [1.807, 2.05) is 17.7 Å². The molecule has 2 aromatic heterocycles. The summed E-state index contributed by atoms with van der Waals surface area (Å²) in [4.78, 5) is 10.2. The fourth-order valence-electron chi connectivity index (χ4n) is 3.24. The van der Waals surface area contributed by atoms with Crippen molar-refractivity contribution in [2.75, 3.05) is 13.6 Å². The lowest BCUT2D eigenvalue weighted by Crippen LogP contribution is -2.38. The summed E-state index contributed by atoms with van der Waals surface area (Å²) < 4.78 is 2.00. The quantitative estimate of drug-likeness (QED) is 0.495. The summed E-state index contributed by atoms with van der Waals surface area (Å²) in [7, 11) is 1.80. The predicted molar refractivity (Wildman–Crippen MR) is 117 cm³/mol. The molecule has 0 fully saturated rings. The first kappa shape index (κ1) is 20.1. The van der Waals surface area contributed by atoms with Crippen LogP contribution in [0.5, 0.6) is 0 Å². The van der Waals surface area contributed by atoms with Crippen molar-refractivity contribution in [3.8, 4) is 5.69 Å². The van der Waals surface area contributed by atoms with Crippen LogP contribution in [-0.4, -0.2) is 34.3 Å². The number of hydrogen-bond donors (Lipinski definition) is 2. The molecule has 1 aromatic carbocycles. The Morgan fingerprint density at radius 3 is 2.57 bits per heavy atom. The van der Waals surface area contributed by atoms with E-state index >= 15 is 0 Å². The monoisotopic (exact) mass is 396 g/mol. The van der Waals surface area contributed by atoms with Crippen molar-refractivity contribution in [1.82, 2.24) is 25.4 Å². The van der Waals surface area contributed by atoms with Gasteiger partial charge in [-0.15, -0.1) is 11.3 Å². The third-order valence-electron chi connectivity index (χ3n) is 4.54. The minimum Gasteiger partial charge on any atom is -0.356 e. The number of aliphatic imine (C=N–C) groups is 1. The summed E-state index contributed by atoms with van der Waals surface area (Å²) in [5.41, 5.74) is 5.54. The lowest BCUT2D eigenvalue weighted by molar-refractivity contribution is 0.776. The Morgan fingerprint density at radius 2 is 1.93 bits per heavy atom. The number of nitrogens with zero attached hydrogens (tertiary/aromatic N) is 4. The van der Waals surface area contributed by atoms with Crippen LogP contribution in [0.4, 0.5) is 0 Å². The van der Waals surface area contributed by atoms with Gasteiger partial charge in [-0.3, -0.25) is 4.99 Å². The zero-order valence-electron chi connectivity index (χ0n) is 17.2. The first-order valence-corrected chi connectivity index (χ1v) is 10.3. The molecule has 2 heterocycles. The SMILES string of the molecule is CN=C(NCCc1sc(C)nc1C)NCc1ccccc1-n1nc(C)cc1C. The van der Waals surface area contributed by atoms with Crippen LogP contribution in [0.2, 0.25) is 0 Å². The number of rotatable bonds is 6. The number of aryl methyl sites for hydroxylation is 4. The van der Waals surface area contributed by atoms with E-state index in [0.717, 1.165) is 46.7 Å². The Hall–Kier alpha value is -2.67. The van der Waals surface area contributed by atoms with Crippen LogP contribution in [0.15, 0.2) is 35.3 Å². The second-order valence-electron chi connectivity index (χ2n) is 6.81. The van der Waals surface area contributed by atoms with Gasteiger partial charge in [-0.1, -0.05) is 18.2 Å². The highest BCUT2D eigenvalue weighted by Crippen LogP contribution is 2.18. The maximum absolute atomic E-state index is 4.62. The van der Waals surface area contributed by atoms with E-state index in [1.54, 1.807) is 18.4 Å². The summed E-state index contributed by atoms with van der Waals surface area (Å²) >= 11 is 1.77. The van der Waals surface area contributed by atoms with E-state index < -0.39 is 0 Å². The Kier molecular flexibility index (Phi) is 6.46. The van der Waals surface area contributed by atoms with Crippen LogP contribution in [0.3, 0.4) is 0 Å². The molecule has 6 nitrogen and oxygen atoms in total. The molecule has 0 bridgehead atoms. The van der Waals surface area contributed by atoms with Gasteiger partial charge in [0.2, 0.25) is 0 Å². The van der Waals surface area contributed by atoms with E-state index in [1.165, 1.54) is 10.4 Å². The van der Waals surface area contributed by atoms with Gasteiger partial charge in [-0.05, 0) is 45.4 Å². The molecule has 7 heteroatoms. The minimum absolute atomic E-state index is 0.673. The van der Waals surface area contributed by atoms with Crippen LogP contribution in [0.1, 0.15) is 32.5 Å². The van der Waals surface area contributed by atoms with Crippen LogP contribution in [-0.2, 0) is 13.0 Å². The van der Waals surface area contributed by atoms with Crippen molar-refractivity contribution in [2.24, 2.45) is 4.99 Å². The Balaban J connectivity index is 1.61. The van der Waals surface area contributed by atoms with E-state index in [9.17, 15) is 0 Å². The molecule has 0 radical (unpaired) electrons. The van der Waals surface area contributed by atoms with Gasteiger partial charge in [0.1, 0.15) is 0 Å². The molecular formula is C21H28N6S. The van der Waals surface area contributed by atoms with Crippen LogP contribution < -0.4 is 10.6 Å². The van der Waals surface area contributed by atoms with E-state index in [2.05, 4.69) is 70.7 Å². The minimum atomic E-state index is 0.673. The third-order valence-corrected chi connectivity index (χ3v) is 5.68. The van der Waals surface area contributed by atoms with Gasteiger partial charge >= 0.3 is 0 Å². The molecular weight excluding hydrogens is 368 g/mol. The highest BCUT2D eigenvalue weighted by Gasteiger charge is 2.09. The Bertz CT molecular complexity index is 969. The van der Waals surface area contributed by atoms with Crippen molar-refractivity contribution in [3.63, 3.8) is 0 Å². The van der Waals surface area contributed by atoms with Crippen LogP contribution in [0.25, 0.3) is 5.69 Å². The molecule has 2 N–H and O–H groups in total. The van der Waals surface area contributed by atoms with Crippen LogP contribution in [0, 0.1) is 27.7 Å². The lowest BCUT2D eigenvalue weighted by Gasteiger charge is -2.15. The summed E-state index contributed by atoms with van der Waals surface area (Å²) in [5.74, 6) is 0.794. The van der Waals surface area contributed by atoms with E-state index in [4.69, 9.17) is 0 Å². The molecule has 0 spiro atoms. The van der Waals surface area contributed by atoms with Gasteiger partial charge in [-0.25, -0.2) is 9.67 Å². The molecule has 0 atom stereocenters. The van der Waals surface area contributed by atoms with Crippen LogP contribution >= 0.6 is 11.3 Å². The van der Waals surface area contributed by atoms with E-state index in [-0.39, 0.29) is 0 Å². The van der Waals surface area contributed by atoms with Crippen molar-refractivity contribution in [1.29, 1.82) is 0 Å². The molecule has 0 amide bonds. The molecule has 0 aliphatic carbocycles. The predicted octanol–water partition coefficient (Wildman–Crippen LogP) is 3.47. The van der Waals surface area contributed by atoms with Gasteiger partial charge in [0, 0.05) is 37.1 Å². The average molecular weight is 397 g/mol. The first-order valence-electron chi connectivity index (χ1n) is 9.47. The first-order chi connectivity index (χ1) is 13.5. The van der Waals surface area contributed by atoms with Gasteiger partial charge in [-0.2, -0.15) is 5.10 Å². The molecule has 3 aromatic rings. The number of guanidine groups is 1. The normalized spacial score (nSPS) is 11.7. The molecule has 0 saturated heterocycles. The van der Waals surface area contributed by atoms with Crippen molar-refractivity contribution >= 4 is 17.3 Å². The van der Waals surface area contributed by atoms with Gasteiger partial charge < -0.3 is 10.6 Å². The smallest absolute Gasteiger partial charge is 0.191 e. The summed E-state index contributed by atoms with van der Waals surface area (Å²) in [6.07, 6.45) is 0.945. The van der Waals surface area contributed by atoms with Crippen molar-refractivity contribution in [2.45, 2.75) is 40.7 Å². The molecule has 3 rings (SSSR count). The maximum atomic E-state index is 4.62. The zero-order chi connectivity index (χ0) is 20.1. The van der Waals surface area contributed by atoms with Gasteiger partial charge in [0.05, 0.1) is 22.1 Å². The molecule has 0 saturated carbocycles. The van der Waals surface area contributed by atoms with Gasteiger partial charge in [0.15, 0.2) is 5.96 Å². The summed E-state index contributed by atoms with van der Waals surface area (Å²) in [5, 5.41) is 12.5. The number of aromatic nitrogens is 3. The Labute approximate surface area is 170 Å². The second-order valence-corrected chi connectivity index (χ2v) is 8.10. The third kappa shape index (κ3) is 4.78. The zero-order valence-corrected chi connectivity index (χ0v) is 18.0. The standard InChI is InChI=1S/C21H28N6S/c1-14-12-15(2)27(26-14)19-9-7-6-8-18(19)13-24-21(22-5)23-11-10-20-16(3)25-17(4)28-20/h6-9,12H,10-11,13H2,1-5H3,(H2,22,23,24). The second kappa shape index (κ2) is 9.01. The lowest BCUT2D eigenvalue weighted by atomic mass is 10.1. The molecule has 0 unspecified atom stereocenters. The fraction of sp³-hybridized carbons (Fsp3) is 0.381. The molecule has 28 heavy (non-hydrogen) atoms. The largest absolute Gasteiger partial charge is 0.356 e. The van der Waals surface area contributed by atoms with Gasteiger partial charge in [0.25, 0.3) is 0 Å². The van der Waals surface area contributed by atoms with Crippen molar-refractivity contribution < 1.29 is 0 Å². The van der Waals surface area contributed by atoms with E-state index in [0.29, 0.717) is 6.54 Å². The molecule has 0 aliphatic rings. The van der Waals surface area contributed by atoms with Crippen molar-refractivity contribution in [3.05, 3.63) is 62.9 Å². The number of nitrogens with one attached hydrogen (secondary N) is 2. The highest BCUT2D eigenvalue weighted by molar-refractivity contribution is 7.11. The summed E-state index contributed by atoms with van der Waals surface area (Å²) in [6, 6.07) is 10.4. The topological polar surface area (TPSA) is 67.1 Å².